The first-order valence-electron chi connectivity index (χ1n) is 6.80. The number of benzene rings is 2. The van der Waals surface area contributed by atoms with E-state index in [1.165, 1.54) is 0 Å². The molecule has 1 atom stereocenters. The third kappa shape index (κ3) is 2.85. The molecule has 0 aliphatic carbocycles. The maximum atomic E-state index is 12.7. The second-order valence-corrected chi connectivity index (χ2v) is 6.89. The summed E-state index contributed by atoms with van der Waals surface area (Å²) in [5.74, 6) is 0.350. The SMILES string of the molecule is Cc1cccc(CS(=O)c2[nH]c(=O)c(Cl)c3ccccc23)c1. The molecule has 0 saturated carbocycles. The molecule has 112 valence electrons. The van der Waals surface area contributed by atoms with Crippen molar-refractivity contribution in [3.8, 4) is 0 Å². The Hall–Kier alpha value is -1.91. The van der Waals surface area contributed by atoms with E-state index >= 15 is 0 Å². The van der Waals surface area contributed by atoms with Crippen LogP contribution in [0, 0.1) is 6.92 Å². The first-order valence-corrected chi connectivity index (χ1v) is 8.50. The maximum absolute atomic E-state index is 12.7. The number of aryl methyl sites for hydroxylation is 1. The number of H-pyrrole nitrogens is 1. The topological polar surface area (TPSA) is 49.9 Å². The fourth-order valence-electron chi connectivity index (χ4n) is 2.43. The lowest BCUT2D eigenvalue weighted by atomic mass is 10.2. The van der Waals surface area contributed by atoms with Crippen LogP contribution in [0.5, 0.6) is 0 Å². The van der Waals surface area contributed by atoms with Crippen LogP contribution < -0.4 is 5.56 Å². The van der Waals surface area contributed by atoms with E-state index in [1.807, 2.05) is 43.3 Å². The highest BCUT2D eigenvalue weighted by atomic mass is 35.5. The van der Waals surface area contributed by atoms with Crippen LogP contribution in [0.25, 0.3) is 10.8 Å². The number of hydrogen-bond donors (Lipinski definition) is 1. The zero-order chi connectivity index (χ0) is 15.7. The van der Waals surface area contributed by atoms with Gasteiger partial charge in [0.1, 0.15) is 10.0 Å². The Balaban J connectivity index is 2.08. The molecule has 0 radical (unpaired) electrons. The number of hydrogen-bond acceptors (Lipinski definition) is 2. The molecule has 0 bridgehead atoms. The minimum absolute atomic E-state index is 0.131. The van der Waals surface area contributed by atoms with Crippen LogP contribution in [0.3, 0.4) is 0 Å². The van der Waals surface area contributed by atoms with E-state index in [0.29, 0.717) is 16.2 Å². The molecule has 1 unspecified atom stereocenters. The van der Waals surface area contributed by atoms with E-state index in [2.05, 4.69) is 4.98 Å². The van der Waals surface area contributed by atoms with E-state index in [4.69, 9.17) is 11.6 Å². The molecule has 0 fully saturated rings. The van der Waals surface area contributed by atoms with E-state index in [1.54, 1.807) is 12.1 Å². The van der Waals surface area contributed by atoms with Gasteiger partial charge in [0.05, 0.1) is 16.6 Å². The second-order valence-electron chi connectivity index (χ2n) is 5.12. The van der Waals surface area contributed by atoms with Crippen molar-refractivity contribution in [2.24, 2.45) is 0 Å². The van der Waals surface area contributed by atoms with Crippen molar-refractivity contribution in [1.82, 2.24) is 4.98 Å². The summed E-state index contributed by atoms with van der Waals surface area (Å²) < 4.78 is 12.7. The molecule has 1 aromatic heterocycles. The summed E-state index contributed by atoms with van der Waals surface area (Å²) in [5, 5.41) is 1.90. The summed E-state index contributed by atoms with van der Waals surface area (Å²) in [6.07, 6.45) is 0. The average Bonchev–Trinajstić information content (AvgIpc) is 2.51. The molecule has 1 heterocycles. The highest BCUT2D eigenvalue weighted by Crippen LogP contribution is 2.25. The molecule has 0 amide bonds. The fourth-order valence-corrected chi connectivity index (χ4v) is 3.89. The summed E-state index contributed by atoms with van der Waals surface area (Å²) in [7, 11) is -1.35. The van der Waals surface area contributed by atoms with Crippen LogP contribution in [-0.2, 0) is 16.6 Å². The van der Waals surface area contributed by atoms with Crippen molar-refractivity contribution in [3.05, 3.63) is 75.0 Å². The van der Waals surface area contributed by atoms with Crippen LogP contribution in [0.1, 0.15) is 11.1 Å². The van der Waals surface area contributed by atoms with Gasteiger partial charge in [-0.25, -0.2) is 0 Å². The first-order chi connectivity index (χ1) is 10.6. The molecule has 5 heteroatoms. The zero-order valence-corrected chi connectivity index (χ0v) is 13.5. The molecular weight excluding hydrogens is 318 g/mol. The highest BCUT2D eigenvalue weighted by molar-refractivity contribution is 7.84. The maximum Gasteiger partial charge on any atom is 0.268 e. The van der Waals surface area contributed by atoms with E-state index in [0.717, 1.165) is 16.5 Å². The average molecular weight is 332 g/mol. The smallest absolute Gasteiger partial charge is 0.268 e. The van der Waals surface area contributed by atoms with Gasteiger partial charge in [0.2, 0.25) is 0 Å². The van der Waals surface area contributed by atoms with Gasteiger partial charge in [-0.1, -0.05) is 65.7 Å². The molecular formula is C17H14ClNO2S. The fraction of sp³-hybridized carbons (Fsp3) is 0.118. The van der Waals surface area contributed by atoms with Gasteiger partial charge in [-0.2, -0.15) is 0 Å². The third-order valence-corrected chi connectivity index (χ3v) is 5.19. The summed E-state index contributed by atoms with van der Waals surface area (Å²) in [6.45, 7) is 1.99. The Kier molecular flexibility index (Phi) is 4.14. The monoisotopic (exact) mass is 331 g/mol. The van der Waals surface area contributed by atoms with Gasteiger partial charge in [0.15, 0.2) is 0 Å². The second kappa shape index (κ2) is 6.07. The van der Waals surface area contributed by atoms with Crippen molar-refractivity contribution < 1.29 is 4.21 Å². The van der Waals surface area contributed by atoms with Gasteiger partial charge in [0, 0.05) is 10.8 Å². The lowest BCUT2D eigenvalue weighted by Crippen LogP contribution is -2.12. The molecule has 22 heavy (non-hydrogen) atoms. The summed E-state index contributed by atoms with van der Waals surface area (Å²) in [5.41, 5.74) is 1.68. The Morgan fingerprint density at radius 2 is 1.82 bits per heavy atom. The van der Waals surface area contributed by atoms with Crippen LogP contribution in [0.4, 0.5) is 0 Å². The molecule has 0 aliphatic rings. The lowest BCUT2D eigenvalue weighted by molar-refractivity contribution is 0.680. The van der Waals surface area contributed by atoms with Gasteiger partial charge >= 0.3 is 0 Å². The molecule has 1 N–H and O–H groups in total. The Labute approximate surface area is 135 Å². The number of rotatable bonds is 3. The normalized spacial score (nSPS) is 12.5. The Morgan fingerprint density at radius 1 is 1.09 bits per heavy atom. The van der Waals surface area contributed by atoms with Gasteiger partial charge in [-0.3, -0.25) is 9.00 Å². The van der Waals surface area contributed by atoms with Crippen LogP contribution in [0.15, 0.2) is 58.4 Å². The standard InChI is InChI=1S/C17H14ClNO2S/c1-11-5-4-6-12(9-11)10-22(21)17-14-8-3-2-7-13(14)15(18)16(20)19-17/h2-9H,10H2,1H3,(H,19,20). The van der Waals surface area contributed by atoms with E-state index in [9.17, 15) is 9.00 Å². The number of aromatic nitrogens is 1. The molecule has 3 rings (SSSR count). The first kappa shape index (κ1) is 15.0. The zero-order valence-electron chi connectivity index (χ0n) is 11.9. The highest BCUT2D eigenvalue weighted by Gasteiger charge is 2.14. The van der Waals surface area contributed by atoms with Gasteiger partial charge in [-0.15, -0.1) is 0 Å². The van der Waals surface area contributed by atoms with Crippen molar-refractivity contribution in [2.45, 2.75) is 17.7 Å². The van der Waals surface area contributed by atoms with Gasteiger partial charge in [-0.05, 0) is 12.5 Å². The lowest BCUT2D eigenvalue weighted by Gasteiger charge is -2.08. The van der Waals surface area contributed by atoms with E-state index in [-0.39, 0.29) is 5.02 Å². The minimum Gasteiger partial charge on any atom is -0.313 e. The van der Waals surface area contributed by atoms with Crippen molar-refractivity contribution in [1.29, 1.82) is 0 Å². The van der Waals surface area contributed by atoms with Crippen molar-refractivity contribution in [2.75, 3.05) is 0 Å². The number of nitrogens with one attached hydrogen (secondary N) is 1. The van der Waals surface area contributed by atoms with Gasteiger partial charge in [0.25, 0.3) is 5.56 Å². The number of pyridine rings is 1. The number of aromatic amines is 1. The molecule has 2 aromatic carbocycles. The van der Waals surface area contributed by atoms with Crippen LogP contribution >= 0.6 is 11.6 Å². The number of halogens is 1. The summed E-state index contributed by atoms with van der Waals surface area (Å²) in [4.78, 5) is 14.6. The summed E-state index contributed by atoms with van der Waals surface area (Å²) in [6, 6.07) is 15.1. The minimum atomic E-state index is -1.35. The molecule has 3 nitrogen and oxygen atoms in total. The van der Waals surface area contributed by atoms with Crippen LogP contribution in [-0.4, -0.2) is 9.19 Å². The molecule has 0 spiro atoms. The summed E-state index contributed by atoms with van der Waals surface area (Å²) >= 11 is 6.04. The van der Waals surface area contributed by atoms with E-state index < -0.39 is 16.4 Å². The molecule has 0 saturated heterocycles. The van der Waals surface area contributed by atoms with Crippen molar-refractivity contribution >= 4 is 33.2 Å². The van der Waals surface area contributed by atoms with Crippen molar-refractivity contribution in [3.63, 3.8) is 0 Å². The van der Waals surface area contributed by atoms with Crippen LogP contribution in [0.2, 0.25) is 5.02 Å². The largest absolute Gasteiger partial charge is 0.313 e. The molecule has 3 aromatic rings. The third-order valence-electron chi connectivity index (χ3n) is 3.44. The Bertz CT molecular complexity index is 933. The van der Waals surface area contributed by atoms with Gasteiger partial charge < -0.3 is 4.98 Å². The predicted molar refractivity (Wildman–Crippen MR) is 90.9 cm³/mol. The Morgan fingerprint density at radius 3 is 2.55 bits per heavy atom. The molecule has 0 aliphatic heterocycles. The predicted octanol–water partition coefficient (Wildman–Crippen LogP) is 3.80. The number of fused-ring (bicyclic) bond motifs is 1. The quantitative estimate of drug-likeness (QED) is 0.793.